The van der Waals surface area contributed by atoms with Crippen LogP contribution in [0.3, 0.4) is 0 Å². The Hall–Kier alpha value is -1.35. The summed E-state index contributed by atoms with van der Waals surface area (Å²) in [4.78, 5) is 2.16. The quantitative estimate of drug-likeness (QED) is 0.593. The van der Waals surface area contributed by atoms with Crippen molar-refractivity contribution in [2.75, 3.05) is 13.1 Å². The zero-order valence-corrected chi connectivity index (χ0v) is 10.1. The standard InChI is InChI=1S/C14H18N2O/c1-10-2-4-11(5-3-10)14(15)16-8-12-6-7-13(9-16)17-12/h2-5,12-13,15H,6-9H2,1H3. The molecule has 1 N–H and O–H groups in total. The highest BCUT2D eigenvalue weighted by atomic mass is 16.5. The maximum atomic E-state index is 8.27. The summed E-state index contributed by atoms with van der Waals surface area (Å²) in [6, 6.07) is 8.21. The van der Waals surface area contributed by atoms with Crippen molar-refractivity contribution in [3.8, 4) is 0 Å². The Morgan fingerprint density at radius 2 is 1.76 bits per heavy atom. The molecule has 2 fully saturated rings. The van der Waals surface area contributed by atoms with Crippen LogP contribution >= 0.6 is 0 Å². The lowest BCUT2D eigenvalue weighted by molar-refractivity contribution is -0.0157. The summed E-state index contributed by atoms with van der Waals surface area (Å²) in [7, 11) is 0. The predicted molar refractivity (Wildman–Crippen MR) is 67.5 cm³/mol. The summed E-state index contributed by atoms with van der Waals surface area (Å²) in [5, 5.41) is 8.27. The van der Waals surface area contributed by atoms with E-state index in [1.807, 2.05) is 12.1 Å². The predicted octanol–water partition coefficient (Wildman–Crippen LogP) is 2.18. The molecule has 2 aliphatic rings. The van der Waals surface area contributed by atoms with Crippen molar-refractivity contribution in [3.63, 3.8) is 0 Å². The van der Waals surface area contributed by atoms with E-state index in [-0.39, 0.29) is 0 Å². The van der Waals surface area contributed by atoms with E-state index in [0.717, 1.165) is 31.5 Å². The fourth-order valence-electron chi connectivity index (χ4n) is 2.69. The third-order valence-corrected chi connectivity index (χ3v) is 3.68. The van der Waals surface area contributed by atoms with Gasteiger partial charge in [0, 0.05) is 18.7 Å². The molecule has 2 unspecified atom stereocenters. The first-order valence-electron chi connectivity index (χ1n) is 6.28. The normalized spacial score (nSPS) is 27.2. The van der Waals surface area contributed by atoms with Gasteiger partial charge in [-0.25, -0.2) is 0 Å². The molecule has 90 valence electrons. The Balaban J connectivity index is 1.76. The Bertz CT molecular complexity index is 414. The molecule has 2 aliphatic heterocycles. The molecule has 0 aromatic heterocycles. The van der Waals surface area contributed by atoms with E-state index in [1.165, 1.54) is 5.56 Å². The van der Waals surface area contributed by atoms with Crippen LogP contribution in [0.15, 0.2) is 24.3 Å². The first-order chi connectivity index (χ1) is 8.22. The molecule has 3 rings (SSSR count). The van der Waals surface area contributed by atoms with E-state index in [4.69, 9.17) is 10.1 Å². The number of rotatable bonds is 1. The molecular formula is C14H18N2O. The van der Waals surface area contributed by atoms with Gasteiger partial charge in [0.05, 0.1) is 12.2 Å². The van der Waals surface area contributed by atoms with Crippen LogP contribution in [0.4, 0.5) is 0 Å². The Morgan fingerprint density at radius 1 is 1.18 bits per heavy atom. The van der Waals surface area contributed by atoms with Gasteiger partial charge in [-0.1, -0.05) is 29.8 Å². The van der Waals surface area contributed by atoms with Crippen LogP contribution < -0.4 is 0 Å². The Labute approximate surface area is 102 Å². The molecule has 0 aliphatic carbocycles. The smallest absolute Gasteiger partial charge is 0.128 e. The molecule has 2 heterocycles. The fourth-order valence-corrected chi connectivity index (χ4v) is 2.69. The molecule has 0 amide bonds. The molecule has 0 radical (unpaired) electrons. The number of hydrogen-bond acceptors (Lipinski definition) is 2. The van der Waals surface area contributed by atoms with Crippen LogP contribution in [0.5, 0.6) is 0 Å². The van der Waals surface area contributed by atoms with Crippen LogP contribution in [-0.2, 0) is 4.74 Å². The topological polar surface area (TPSA) is 36.3 Å². The van der Waals surface area contributed by atoms with Gasteiger partial charge < -0.3 is 9.64 Å². The third-order valence-electron chi connectivity index (χ3n) is 3.68. The maximum absolute atomic E-state index is 8.27. The molecule has 1 aromatic carbocycles. The number of amidine groups is 1. The summed E-state index contributed by atoms with van der Waals surface area (Å²) >= 11 is 0. The maximum Gasteiger partial charge on any atom is 0.128 e. The van der Waals surface area contributed by atoms with Crippen molar-refractivity contribution in [1.29, 1.82) is 5.41 Å². The first kappa shape index (κ1) is 10.8. The van der Waals surface area contributed by atoms with E-state index in [0.29, 0.717) is 18.0 Å². The summed E-state index contributed by atoms with van der Waals surface area (Å²) in [5.41, 5.74) is 2.25. The number of nitrogens with one attached hydrogen (secondary N) is 1. The zero-order valence-electron chi connectivity index (χ0n) is 10.1. The van der Waals surface area contributed by atoms with Gasteiger partial charge in [0.15, 0.2) is 0 Å². The highest BCUT2D eigenvalue weighted by Crippen LogP contribution is 2.27. The first-order valence-corrected chi connectivity index (χ1v) is 6.28. The number of likely N-dealkylation sites (tertiary alicyclic amines) is 1. The van der Waals surface area contributed by atoms with Crippen molar-refractivity contribution in [1.82, 2.24) is 4.90 Å². The largest absolute Gasteiger partial charge is 0.371 e. The van der Waals surface area contributed by atoms with Crippen LogP contribution in [-0.4, -0.2) is 36.0 Å². The number of benzene rings is 1. The summed E-state index contributed by atoms with van der Waals surface area (Å²) < 4.78 is 5.79. The Morgan fingerprint density at radius 3 is 2.35 bits per heavy atom. The minimum absolute atomic E-state index is 0.347. The number of ether oxygens (including phenoxy) is 1. The second-order valence-corrected chi connectivity index (χ2v) is 5.08. The molecule has 3 heteroatoms. The van der Waals surface area contributed by atoms with Gasteiger partial charge in [0.1, 0.15) is 5.84 Å². The van der Waals surface area contributed by atoms with Crippen molar-refractivity contribution < 1.29 is 4.74 Å². The van der Waals surface area contributed by atoms with Gasteiger partial charge in [-0.3, -0.25) is 5.41 Å². The van der Waals surface area contributed by atoms with E-state index in [9.17, 15) is 0 Å². The van der Waals surface area contributed by atoms with E-state index >= 15 is 0 Å². The van der Waals surface area contributed by atoms with Crippen molar-refractivity contribution in [3.05, 3.63) is 35.4 Å². The number of fused-ring (bicyclic) bond motifs is 2. The summed E-state index contributed by atoms with van der Waals surface area (Å²) in [5.74, 6) is 0.644. The SMILES string of the molecule is Cc1ccc(C(=N)N2CC3CCC(C2)O3)cc1. The van der Waals surface area contributed by atoms with Crippen LogP contribution in [0.25, 0.3) is 0 Å². The van der Waals surface area contributed by atoms with E-state index < -0.39 is 0 Å². The number of hydrogen-bond donors (Lipinski definition) is 1. The van der Waals surface area contributed by atoms with Gasteiger partial charge in [0.2, 0.25) is 0 Å². The number of morpholine rings is 1. The average molecular weight is 230 g/mol. The van der Waals surface area contributed by atoms with Gasteiger partial charge in [-0.2, -0.15) is 0 Å². The summed E-state index contributed by atoms with van der Waals surface area (Å²) in [6.07, 6.45) is 3.00. The van der Waals surface area contributed by atoms with Gasteiger partial charge in [0.25, 0.3) is 0 Å². The van der Waals surface area contributed by atoms with Crippen LogP contribution in [0.1, 0.15) is 24.0 Å². The van der Waals surface area contributed by atoms with Crippen molar-refractivity contribution >= 4 is 5.84 Å². The van der Waals surface area contributed by atoms with Crippen molar-refractivity contribution in [2.45, 2.75) is 32.0 Å². The molecule has 1 aromatic rings. The van der Waals surface area contributed by atoms with Gasteiger partial charge in [-0.05, 0) is 19.8 Å². The molecule has 0 saturated carbocycles. The molecule has 2 saturated heterocycles. The van der Waals surface area contributed by atoms with Gasteiger partial charge in [-0.15, -0.1) is 0 Å². The molecular weight excluding hydrogens is 212 g/mol. The fraction of sp³-hybridized carbons (Fsp3) is 0.500. The minimum atomic E-state index is 0.347. The second kappa shape index (κ2) is 4.15. The minimum Gasteiger partial charge on any atom is -0.371 e. The molecule has 2 bridgehead atoms. The highest BCUT2D eigenvalue weighted by molar-refractivity contribution is 5.96. The summed E-state index contributed by atoms with van der Waals surface area (Å²) in [6.45, 7) is 3.83. The van der Waals surface area contributed by atoms with E-state index in [2.05, 4.69) is 24.0 Å². The number of aryl methyl sites for hydroxylation is 1. The second-order valence-electron chi connectivity index (χ2n) is 5.08. The van der Waals surface area contributed by atoms with Crippen LogP contribution in [0.2, 0.25) is 0 Å². The number of nitrogens with zero attached hydrogens (tertiary/aromatic N) is 1. The highest BCUT2D eigenvalue weighted by Gasteiger charge is 2.34. The lowest BCUT2D eigenvalue weighted by atomic mass is 10.1. The Kier molecular flexibility index (Phi) is 2.63. The third kappa shape index (κ3) is 2.07. The molecule has 0 spiro atoms. The molecule has 3 nitrogen and oxygen atoms in total. The van der Waals surface area contributed by atoms with E-state index in [1.54, 1.807) is 0 Å². The zero-order chi connectivity index (χ0) is 11.8. The molecule has 2 atom stereocenters. The lowest BCUT2D eigenvalue weighted by Crippen LogP contribution is -2.45. The van der Waals surface area contributed by atoms with Gasteiger partial charge >= 0.3 is 0 Å². The van der Waals surface area contributed by atoms with Crippen molar-refractivity contribution in [2.24, 2.45) is 0 Å². The average Bonchev–Trinajstić information content (AvgIpc) is 2.68. The monoisotopic (exact) mass is 230 g/mol. The van der Waals surface area contributed by atoms with Crippen LogP contribution in [0, 0.1) is 12.3 Å². The lowest BCUT2D eigenvalue weighted by Gasteiger charge is -2.34. The molecule has 17 heavy (non-hydrogen) atoms.